The van der Waals surface area contributed by atoms with Gasteiger partial charge in [-0.15, -0.1) is 11.6 Å². The van der Waals surface area contributed by atoms with E-state index in [4.69, 9.17) is 31.5 Å². The fraction of sp³-hybridized carbons (Fsp3) is 0.818. The highest BCUT2D eigenvalue weighted by Gasteiger charge is 2.67. The van der Waals surface area contributed by atoms with Crippen molar-refractivity contribution >= 4 is 23.6 Å². The van der Waals surface area contributed by atoms with Crippen LogP contribution in [-0.4, -0.2) is 65.7 Å². The average molecular weight is 461 g/mol. The van der Waals surface area contributed by atoms with E-state index >= 15 is 0 Å². The molecular formula is C22H37ClN2O6. The van der Waals surface area contributed by atoms with E-state index in [0.29, 0.717) is 19.3 Å². The van der Waals surface area contributed by atoms with Crippen LogP contribution in [0, 0.1) is 11.8 Å². The van der Waals surface area contributed by atoms with Crippen molar-refractivity contribution in [2.75, 3.05) is 13.0 Å². The molecule has 1 aliphatic carbocycles. The molecule has 0 bridgehead atoms. The van der Waals surface area contributed by atoms with E-state index in [1.165, 1.54) is 12.7 Å². The lowest BCUT2D eigenvalue weighted by Crippen LogP contribution is -2.61. The van der Waals surface area contributed by atoms with Gasteiger partial charge in [-0.2, -0.15) is 0 Å². The monoisotopic (exact) mass is 460 g/mol. The molecule has 1 saturated carbocycles. The van der Waals surface area contributed by atoms with Crippen LogP contribution in [0.2, 0.25) is 0 Å². The molecule has 4 N–H and O–H groups in total. The predicted molar refractivity (Wildman–Crippen MR) is 118 cm³/mol. The number of aliphatic hydroxyl groups is 1. The van der Waals surface area contributed by atoms with E-state index in [-0.39, 0.29) is 17.9 Å². The van der Waals surface area contributed by atoms with Gasteiger partial charge < -0.3 is 30.4 Å². The zero-order valence-electron chi connectivity index (χ0n) is 19.3. The molecule has 0 unspecified atom stereocenters. The van der Waals surface area contributed by atoms with E-state index in [0.717, 1.165) is 0 Å². The molecule has 1 saturated heterocycles. The lowest BCUT2D eigenvalue weighted by molar-refractivity contribution is -0.170. The van der Waals surface area contributed by atoms with Crippen molar-refractivity contribution in [2.24, 2.45) is 17.6 Å². The zero-order valence-corrected chi connectivity index (χ0v) is 20.1. The number of nitrogens with one attached hydrogen (secondary N) is 1. The number of rotatable bonds is 9. The minimum Gasteiger partial charge on any atom is -0.443 e. The van der Waals surface area contributed by atoms with Crippen LogP contribution in [0.25, 0.3) is 0 Å². The zero-order chi connectivity index (χ0) is 23.6. The number of carbonyl (C=O) groups excluding carboxylic acids is 2. The minimum absolute atomic E-state index is 0.0157. The maximum Gasteiger partial charge on any atom is 0.408 e. The van der Waals surface area contributed by atoms with Crippen molar-refractivity contribution in [1.82, 2.24) is 5.32 Å². The number of primary amides is 1. The number of carbonyl (C=O) groups is 2. The van der Waals surface area contributed by atoms with Gasteiger partial charge in [-0.1, -0.05) is 25.5 Å². The minimum atomic E-state index is -1.22. The summed E-state index contributed by atoms with van der Waals surface area (Å²) in [6, 6.07) is -0.842. The van der Waals surface area contributed by atoms with Crippen LogP contribution in [0.1, 0.15) is 53.9 Å². The summed E-state index contributed by atoms with van der Waals surface area (Å²) in [5, 5.41) is 13.9. The highest BCUT2D eigenvalue weighted by atomic mass is 35.5. The third-order valence-electron chi connectivity index (χ3n) is 6.48. The van der Waals surface area contributed by atoms with Gasteiger partial charge in [0.05, 0.1) is 23.5 Å². The molecule has 8 nitrogen and oxygen atoms in total. The number of methoxy groups -OCH3 is 1. The Morgan fingerprint density at radius 2 is 2.03 bits per heavy atom. The topological polar surface area (TPSA) is 123 Å². The van der Waals surface area contributed by atoms with Gasteiger partial charge in [0.25, 0.3) is 0 Å². The Labute approximate surface area is 189 Å². The second-order valence-corrected chi connectivity index (χ2v) is 9.74. The number of allylic oxidation sites excluding steroid dienone is 1. The summed E-state index contributed by atoms with van der Waals surface area (Å²) in [5.41, 5.74) is 4.67. The van der Waals surface area contributed by atoms with Crippen molar-refractivity contribution in [3.05, 3.63) is 11.6 Å². The number of alkyl carbamates (subject to hydrolysis) is 1. The molecule has 1 heterocycles. The Kier molecular flexibility index (Phi) is 8.41. The van der Waals surface area contributed by atoms with Gasteiger partial charge in [0.2, 0.25) is 5.91 Å². The van der Waals surface area contributed by atoms with E-state index in [2.05, 4.69) is 11.4 Å². The number of ether oxygens (including phenoxy) is 3. The van der Waals surface area contributed by atoms with Gasteiger partial charge in [-0.25, -0.2) is 4.79 Å². The Morgan fingerprint density at radius 3 is 2.52 bits per heavy atom. The largest absolute Gasteiger partial charge is 0.443 e. The van der Waals surface area contributed by atoms with Crippen LogP contribution in [0.4, 0.5) is 4.79 Å². The van der Waals surface area contributed by atoms with Crippen LogP contribution in [0.3, 0.4) is 0 Å². The van der Waals surface area contributed by atoms with E-state index in [1.807, 2.05) is 20.8 Å². The molecule has 1 aliphatic heterocycles. The molecule has 31 heavy (non-hydrogen) atoms. The molecule has 0 aromatic heterocycles. The van der Waals surface area contributed by atoms with Crippen molar-refractivity contribution in [2.45, 2.75) is 89.4 Å². The van der Waals surface area contributed by atoms with Crippen molar-refractivity contribution in [1.29, 1.82) is 0 Å². The lowest BCUT2D eigenvalue weighted by Gasteiger charge is -2.48. The van der Waals surface area contributed by atoms with Crippen LogP contribution in [0.15, 0.2) is 11.6 Å². The summed E-state index contributed by atoms with van der Waals surface area (Å²) < 4.78 is 17.4. The fourth-order valence-electron chi connectivity index (χ4n) is 4.69. The van der Waals surface area contributed by atoms with Crippen LogP contribution in [-0.2, 0) is 19.0 Å². The van der Waals surface area contributed by atoms with E-state index in [1.54, 1.807) is 13.8 Å². The molecule has 7 atom stereocenters. The quantitative estimate of drug-likeness (QED) is 0.276. The molecule has 178 valence electrons. The second kappa shape index (κ2) is 10.1. The standard InChI is InChI=1S/C22H37ClN2O6/c1-12(2)7-8-15-21(5,31-15)18-17(29-6)14(9-10-22(18,28)11-23)30-20(27)25-16(13(3)4)19(24)26/h7,13-18,28H,8-11H2,1-6H3,(H2,24,26)(H,25,27)/t14-,15-,16-,17-,18-,21+,22+/m1/s1. The number of alkyl halides is 1. The van der Waals surface area contributed by atoms with E-state index in [9.17, 15) is 14.7 Å². The first kappa shape index (κ1) is 25.9. The Balaban J connectivity index is 2.20. The Bertz CT molecular complexity index is 697. The van der Waals surface area contributed by atoms with Gasteiger partial charge >= 0.3 is 6.09 Å². The molecular weight excluding hydrogens is 424 g/mol. The van der Waals surface area contributed by atoms with Gasteiger partial charge in [0, 0.05) is 7.11 Å². The highest BCUT2D eigenvalue weighted by molar-refractivity contribution is 6.18. The van der Waals surface area contributed by atoms with Crippen molar-refractivity contribution < 1.29 is 28.9 Å². The molecule has 0 radical (unpaired) electrons. The number of hydrogen-bond acceptors (Lipinski definition) is 6. The smallest absolute Gasteiger partial charge is 0.408 e. The summed E-state index contributed by atoms with van der Waals surface area (Å²) >= 11 is 6.20. The molecule has 0 aromatic carbocycles. The maximum atomic E-state index is 12.5. The molecule has 9 heteroatoms. The number of amides is 2. The first-order valence-electron chi connectivity index (χ1n) is 10.8. The van der Waals surface area contributed by atoms with Crippen molar-refractivity contribution in [3.8, 4) is 0 Å². The van der Waals surface area contributed by atoms with Gasteiger partial charge in [0.15, 0.2) is 0 Å². The van der Waals surface area contributed by atoms with Crippen LogP contribution >= 0.6 is 11.6 Å². The Hall–Kier alpha value is -1.35. The molecule has 2 rings (SSSR count). The molecule has 2 fully saturated rings. The van der Waals surface area contributed by atoms with Crippen molar-refractivity contribution in [3.63, 3.8) is 0 Å². The summed E-state index contributed by atoms with van der Waals surface area (Å²) in [5.74, 6) is -1.30. The normalized spacial score (nSPS) is 35.9. The van der Waals surface area contributed by atoms with E-state index < -0.39 is 47.4 Å². The summed E-state index contributed by atoms with van der Waals surface area (Å²) in [6.07, 6.45) is 1.40. The number of nitrogens with two attached hydrogens (primary N) is 1. The average Bonchev–Trinajstić information content (AvgIpc) is 3.35. The fourth-order valence-corrected chi connectivity index (χ4v) is 4.99. The maximum absolute atomic E-state index is 12.5. The highest BCUT2D eigenvalue weighted by Crippen LogP contribution is 2.54. The number of halogens is 1. The molecule has 0 spiro atoms. The summed E-state index contributed by atoms with van der Waals surface area (Å²) in [4.78, 5) is 24.1. The predicted octanol–water partition coefficient (Wildman–Crippen LogP) is 2.50. The second-order valence-electron chi connectivity index (χ2n) is 9.47. The van der Waals surface area contributed by atoms with Crippen LogP contribution < -0.4 is 11.1 Å². The first-order chi connectivity index (χ1) is 14.4. The summed E-state index contributed by atoms with van der Waals surface area (Å²) in [7, 11) is 1.52. The lowest BCUT2D eigenvalue weighted by atomic mass is 9.66. The number of epoxide rings is 1. The molecule has 2 amide bonds. The van der Waals surface area contributed by atoms with Crippen LogP contribution in [0.5, 0.6) is 0 Å². The molecule has 2 aliphatic rings. The van der Waals surface area contributed by atoms with Gasteiger partial charge in [-0.3, -0.25) is 4.79 Å². The SMILES string of the molecule is CO[C@@H]1[C@H](OC(=O)N[C@@H](C(N)=O)C(C)C)CC[C@](O)(CCl)[C@H]1[C@@]1(C)O[C@@H]1CC=C(C)C. The first-order valence-corrected chi connectivity index (χ1v) is 11.3. The van der Waals surface area contributed by atoms with Gasteiger partial charge in [0.1, 0.15) is 23.9 Å². The van der Waals surface area contributed by atoms with Gasteiger partial charge in [-0.05, 0) is 46.0 Å². The third-order valence-corrected chi connectivity index (χ3v) is 6.94. The molecule has 0 aromatic rings. The Morgan fingerprint density at radius 1 is 1.39 bits per heavy atom. The third kappa shape index (κ3) is 5.72. The summed E-state index contributed by atoms with van der Waals surface area (Å²) in [6.45, 7) is 9.54. The number of hydrogen-bond donors (Lipinski definition) is 3.